The molecule has 9 nitrogen and oxygen atoms in total. The minimum atomic E-state index is -0.923. The van der Waals surface area contributed by atoms with E-state index in [-0.39, 0.29) is 30.4 Å². The van der Waals surface area contributed by atoms with Crippen LogP contribution in [0.15, 0.2) is 24.3 Å². The molecule has 36 heavy (non-hydrogen) atoms. The summed E-state index contributed by atoms with van der Waals surface area (Å²) >= 11 is 0. The van der Waals surface area contributed by atoms with E-state index in [1.807, 2.05) is 39.0 Å². The Balaban J connectivity index is 1.82. The average Bonchev–Trinajstić information content (AvgIpc) is 3.20. The third-order valence-corrected chi connectivity index (χ3v) is 6.65. The summed E-state index contributed by atoms with van der Waals surface area (Å²) in [7, 11) is 0. The van der Waals surface area contributed by atoms with Crippen LogP contribution in [0.25, 0.3) is 0 Å². The second-order valence-corrected chi connectivity index (χ2v) is 11.8. The number of carbonyl (C=O) groups is 4. The number of carbonyl (C=O) groups excluding carboxylic acids is 4. The maximum absolute atomic E-state index is 13.8. The molecule has 3 N–H and O–H groups in total. The molecule has 0 spiro atoms. The quantitative estimate of drug-likeness (QED) is 0.520. The molecule has 0 bridgehead atoms. The largest absolute Gasteiger partial charge is 0.444 e. The molecule has 1 aromatic rings. The Morgan fingerprint density at radius 2 is 1.81 bits per heavy atom. The molecule has 1 aliphatic carbocycles. The second kappa shape index (κ2) is 10.9. The number of rotatable bonds is 6. The van der Waals surface area contributed by atoms with Crippen LogP contribution in [-0.4, -0.2) is 59.5 Å². The average molecular weight is 501 g/mol. The summed E-state index contributed by atoms with van der Waals surface area (Å²) < 4.78 is 5.39. The third-order valence-electron chi connectivity index (χ3n) is 6.65. The predicted molar refractivity (Wildman–Crippen MR) is 136 cm³/mol. The van der Waals surface area contributed by atoms with Crippen molar-refractivity contribution in [3.05, 3.63) is 35.4 Å². The standard InChI is InChI=1S/C27H40N4O5/c1-26(2,3)22(30-25(35)36-27(4,5)6)24(34)31-15-18(28-16-32)14-21(31)23(33)29-20-13-9-11-17-10-7-8-12-19(17)20/h7-8,10,12,16,18,20-22H,9,11,13-15H2,1-6H3,(H,28,32)(H,29,33)(H,30,35). The van der Waals surface area contributed by atoms with Crippen molar-refractivity contribution in [2.75, 3.05) is 6.54 Å². The van der Waals surface area contributed by atoms with E-state index in [9.17, 15) is 19.2 Å². The maximum Gasteiger partial charge on any atom is 0.408 e. The Labute approximate surface area is 213 Å². The van der Waals surface area contributed by atoms with Crippen molar-refractivity contribution in [1.82, 2.24) is 20.9 Å². The topological polar surface area (TPSA) is 117 Å². The highest BCUT2D eigenvalue weighted by Crippen LogP contribution is 2.31. The van der Waals surface area contributed by atoms with Gasteiger partial charge in [-0.05, 0) is 63.0 Å². The van der Waals surface area contributed by atoms with Crippen LogP contribution in [0.5, 0.6) is 0 Å². The van der Waals surface area contributed by atoms with Crippen molar-refractivity contribution in [3.8, 4) is 0 Å². The summed E-state index contributed by atoms with van der Waals surface area (Å²) in [6.45, 7) is 11.0. The van der Waals surface area contributed by atoms with Crippen molar-refractivity contribution in [1.29, 1.82) is 0 Å². The molecule has 4 amide bonds. The summed E-state index contributed by atoms with van der Waals surface area (Å²) in [6, 6.07) is 5.91. The summed E-state index contributed by atoms with van der Waals surface area (Å²) in [5, 5.41) is 8.59. The van der Waals surface area contributed by atoms with Crippen LogP contribution in [-0.2, 0) is 25.5 Å². The highest BCUT2D eigenvalue weighted by Gasteiger charge is 2.45. The number of nitrogens with zero attached hydrogens (tertiary/aromatic N) is 1. The molecule has 1 fully saturated rings. The number of benzene rings is 1. The molecule has 0 aromatic heterocycles. The smallest absolute Gasteiger partial charge is 0.408 e. The van der Waals surface area contributed by atoms with Crippen molar-refractivity contribution >= 4 is 24.3 Å². The molecule has 1 saturated heterocycles. The lowest BCUT2D eigenvalue weighted by Crippen LogP contribution is -2.58. The Kier molecular flexibility index (Phi) is 8.31. The molecule has 2 aliphatic rings. The first-order chi connectivity index (χ1) is 16.8. The van der Waals surface area contributed by atoms with Gasteiger partial charge in [-0.25, -0.2) is 4.79 Å². The normalized spacial score (nSPS) is 22.7. The molecular weight excluding hydrogens is 460 g/mol. The summed E-state index contributed by atoms with van der Waals surface area (Å²) in [6.07, 6.45) is 2.96. The first kappa shape index (κ1) is 27.5. The fraction of sp³-hybridized carbons (Fsp3) is 0.630. The number of hydrogen-bond acceptors (Lipinski definition) is 5. The van der Waals surface area contributed by atoms with Gasteiger partial charge in [0.1, 0.15) is 17.7 Å². The van der Waals surface area contributed by atoms with Gasteiger partial charge < -0.3 is 25.6 Å². The number of alkyl carbamates (subject to hydrolysis) is 1. The number of aryl methyl sites for hydroxylation is 1. The molecule has 4 unspecified atom stereocenters. The lowest BCUT2D eigenvalue weighted by atomic mass is 9.85. The van der Waals surface area contributed by atoms with Crippen LogP contribution < -0.4 is 16.0 Å². The van der Waals surface area contributed by atoms with Gasteiger partial charge in [-0.15, -0.1) is 0 Å². The van der Waals surface area contributed by atoms with Crippen LogP contribution in [0.3, 0.4) is 0 Å². The van der Waals surface area contributed by atoms with Crippen LogP contribution in [0, 0.1) is 5.41 Å². The van der Waals surface area contributed by atoms with E-state index in [4.69, 9.17) is 4.74 Å². The Morgan fingerprint density at radius 1 is 1.11 bits per heavy atom. The Morgan fingerprint density at radius 3 is 2.44 bits per heavy atom. The molecule has 3 rings (SSSR count). The zero-order valence-corrected chi connectivity index (χ0v) is 22.2. The number of amides is 4. The van der Waals surface area contributed by atoms with Gasteiger partial charge in [0.25, 0.3) is 0 Å². The number of hydrogen-bond donors (Lipinski definition) is 3. The SMILES string of the molecule is CC(C)(C)OC(=O)NC(C(=O)N1CC(NC=O)CC1C(=O)NC1CCCc2ccccc21)C(C)(C)C. The van der Waals surface area contributed by atoms with E-state index in [1.165, 1.54) is 10.5 Å². The third kappa shape index (κ3) is 6.77. The Hall–Kier alpha value is -3.10. The van der Waals surface area contributed by atoms with Gasteiger partial charge in [0.15, 0.2) is 0 Å². The van der Waals surface area contributed by atoms with Gasteiger partial charge >= 0.3 is 6.09 Å². The molecular formula is C27H40N4O5. The van der Waals surface area contributed by atoms with E-state index >= 15 is 0 Å². The van der Waals surface area contributed by atoms with E-state index in [2.05, 4.69) is 22.0 Å². The molecule has 4 atom stereocenters. The van der Waals surface area contributed by atoms with Crippen molar-refractivity contribution in [2.24, 2.45) is 5.41 Å². The predicted octanol–water partition coefficient (Wildman–Crippen LogP) is 2.84. The zero-order valence-electron chi connectivity index (χ0n) is 22.2. The minimum Gasteiger partial charge on any atom is -0.444 e. The van der Waals surface area contributed by atoms with Crippen LogP contribution in [0.4, 0.5) is 4.79 Å². The first-order valence-corrected chi connectivity index (χ1v) is 12.7. The summed E-state index contributed by atoms with van der Waals surface area (Å²) in [4.78, 5) is 52.5. The number of ether oxygens (including phenoxy) is 1. The molecule has 0 radical (unpaired) electrons. The highest BCUT2D eigenvalue weighted by atomic mass is 16.6. The molecule has 1 aliphatic heterocycles. The zero-order chi connectivity index (χ0) is 26.7. The van der Waals surface area contributed by atoms with E-state index in [0.29, 0.717) is 12.8 Å². The van der Waals surface area contributed by atoms with Crippen molar-refractivity contribution in [3.63, 3.8) is 0 Å². The monoisotopic (exact) mass is 500 g/mol. The summed E-state index contributed by atoms with van der Waals surface area (Å²) in [5.41, 5.74) is 0.965. The van der Waals surface area contributed by atoms with Crippen molar-refractivity contribution < 1.29 is 23.9 Å². The fourth-order valence-electron chi connectivity index (χ4n) is 4.96. The molecule has 9 heteroatoms. The molecule has 1 heterocycles. The van der Waals surface area contributed by atoms with Gasteiger partial charge in [-0.3, -0.25) is 14.4 Å². The lowest BCUT2D eigenvalue weighted by Gasteiger charge is -2.36. The van der Waals surface area contributed by atoms with Gasteiger partial charge in [-0.1, -0.05) is 45.0 Å². The van der Waals surface area contributed by atoms with Crippen LogP contribution in [0.2, 0.25) is 0 Å². The molecule has 1 aromatic carbocycles. The number of nitrogens with one attached hydrogen (secondary N) is 3. The van der Waals surface area contributed by atoms with Gasteiger partial charge in [0, 0.05) is 12.6 Å². The Bertz CT molecular complexity index is 981. The maximum atomic E-state index is 13.8. The van der Waals surface area contributed by atoms with Gasteiger partial charge in [0.05, 0.1) is 6.04 Å². The van der Waals surface area contributed by atoms with Crippen LogP contribution in [0.1, 0.15) is 78.0 Å². The van der Waals surface area contributed by atoms with Gasteiger partial charge in [0.2, 0.25) is 18.2 Å². The minimum absolute atomic E-state index is 0.129. The lowest BCUT2D eigenvalue weighted by molar-refractivity contribution is -0.142. The number of likely N-dealkylation sites (tertiary alicyclic amines) is 1. The van der Waals surface area contributed by atoms with Crippen LogP contribution >= 0.6 is 0 Å². The fourth-order valence-corrected chi connectivity index (χ4v) is 4.96. The van der Waals surface area contributed by atoms with E-state index in [0.717, 1.165) is 24.8 Å². The van der Waals surface area contributed by atoms with E-state index in [1.54, 1.807) is 20.8 Å². The first-order valence-electron chi connectivity index (χ1n) is 12.7. The number of fused-ring (bicyclic) bond motifs is 1. The molecule has 0 saturated carbocycles. The molecule has 198 valence electrons. The van der Waals surface area contributed by atoms with Gasteiger partial charge in [-0.2, -0.15) is 0 Å². The van der Waals surface area contributed by atoms with E-state index < -0.39 is 29.2 Å². The summed E-state index contributed by atoms with van der Waals surface area (Å²) in [5.74, 6) is -0.641. The van der Waals surface area contributed by atoms with Crippen molar-refractivity contribution in [2.45, 2.75) is 97.0 Å². The second-order valence-electron chi connectivity index (χ2n) is 11.8. The highest BCUT2D eigenvalue weighted by molar-refractivity contribution is 5.92.